The van der Waals surface area contributed by atoms with Crippen LogP contribution in [-0.4, -0.2) is 16.0 Å². The molecule has 2 rings (SSSR count). The number of pyridine rings is 1. The van der Waals surface area contributed by atoms with E-state index in [1.165, 1.54) is 24.4 Å². The summed E-state index contributed by atoms with van der Waals surface area (Å²) in [6, 6.07) is 7.08. The quantitative estimate of drug-likeness (QED) is 0.392. The van der Waals surface area contributed by atoms with Crippen molar-refractivity contribution in [1.29, 1.82) is 0 Å². The first-order valence-corrected chi connectivity index (χ1v) is 5.55. The van der Waals surface area contributed by atoms with Gasteiger partial charge >= 0.3 is 0 Å². The van der Waals surface area contributed by atoms with E-state index >= 15 is 0 Å². The van der Waals surface area contributed by atoms with Crippen molar-refractivity contribution < 1.29 is 14.3 Å². The summed E-state index contributed by atoms with van der Waals surface area (Å²) < 4.78 is 18.7. The van der Waals surface area contributed by atoms with Crippen molar-refractivity contribution in [1.82, 2.24) is 4.98 Å². The van der Waals surface area contributed by atoms with E-state index in [-0.39, 0.29) is 22.3 Å². The molecule has 19 heavy (non-hydrogen) atoms. The van der Waals surface area contributed by atoms with Crippen molar-refractivity contribution in [2.75, 3.05) is 0 Å². The highest BCUT2D eigenvalue weighted by Crippen LogP contribution is 2.25. The molecule has 0 bridgehead atoms. The Morgan fingerprint density at radius 1 is 1.32 bits per heavy atom. The van der Waals surface area contributed by atoms with Crippen LogP contribution in [0, 0.1) is 5.82 Å². The average molecular weight is 282 g/mol. The molecule has 0 amide bonds. The van der Waals surface area contributed by atoms with Gasteiger partial charge in [-0.25, -0.2) is 4.39 Å². The van der Waals surface area contributed by atoms with Crippen LogP contribution in [0.3, 0.4) is 0 Å². The van der Waals surface area contributed by atoms with Gasteiger partial charge in [-0.3, -0.25) is 4.98 Å². The summed E-state index contributed by atoms with van der Waals surface area (Å²) in [5.74, 6) is -0.0745. The number of oxime groups is 1. The Morgan fingerprint density at radius 2 is 2.05 bits per heavy atom. The summed E-state index contributed by atoms with van der Waals surface area (Å²) in [5.41, 5.74) is 5.65. The largest absolute Gasteiger partial charge is 0.457 e. The van der Waals surface area contributed by atoms with Gasteiger partial charge in [-0.1, -0.05) is 16.8 Å². The molecule has 1 aromatic carbocycles. The molecule has 0 aliphatic heterocycles. The van der Waals surface area contributed by atoms with Crippen molar-refractivity contribution in [3.63, 3.8) is 0 Å². The molecule has 2 aromatic rings. The number of halogens is 2. The molecule has 3 N–H and O–H groups in total. The van der Waals surface area contributed by atoms with Gasteiger partial charge in [0.25, 0.3) is 0 Å². The van der Waals surface area contributed by atoms with Gasteiger partial charge in [-0.2, -0.15) is 0 Å². The zero-order valence-corrected chi connectivity index (χ0v) is 10.3. The number of ether oxygens (including phenoxy) is 1. The third-order valence-electron chi connectivity index (χ3n) is 2.23. The lowest BCUT2D eigenvalue weighted by Gasteiger charge is -2.07. The van der Waals surface area contributed by atoms with Crippen molar-refractivity contribution in [2.45, 2.75) is 0 Å². The van der Waals surface area contributed by atoms with Crippen LogP contribution in [0.2, 0.25) is 5.02 Å². The molecule has 5 nitrogen and oxygen atoms in total. The summed E-state index contributed by atoms with van der Waals surface area (Å²) >= 11 is 5.57. The van der Waals surface area contributed by atoms with Crippen LogP contribution in [0.15, 0.2) is 41.7 Å². The predicted molar refractivity (Wildman–Crippen MR) is 68.2 cm³/mol. The maximum absolute atomic E-state index is 13.2. The highest BCUT2D eigenvalue weighted by atomic mass is 35.5. The Balaban J connectivity index is 2.26. The van der Waals surface area contributed by atoms with E-state index in [9.17, 15) is 4.39 Å². The third kappa shape index (κ3) is 3.11. The molecule has 0 atom stereocenters. The SMILES string of the molecule is N/C(=N/O)c1cc(Oc2ccc(Cl)c(F)c2)ccn1. The zero-order valence-electron chi connectivity index (χ0n) is 9.55. The lowest BCUT2D eigenvalue weighted by atomic mass is 10.3. The molecule has 0 aliphatic rings. The Morgan fingerprint density at radius 3 is 2.74 bits per heavy atom. The summed E-state index contributed by atoms with van der Waals surface area (Å²) in [7, 11) is 0. The third-order valence-corrected chi connectivity index (χ3v) is 2.53. The lowest BCUT2D eigenvalue weighted by molar-refractivity contribution is 0.318. The zero-order chi connectivity index (χ0) is 13.8. The summed E-state index contributed by atoms with van der Waals surface area (Å²) in [5, 5.41) is 11.4. The first kappa shape index (κ1) is 13.1. The number of nitrogens with zero attached hydrogens (tertiary/aromatic N) is 2. The normalized spacial score (nSPS) is 11.4. The van der Waals surface area contributed by atoms with E-state index in [1.807, 2.05) is 0 Å². The highest BCUT2D eigenvalue weighted by molar-refractivity contribution is 6.30. The second kappa shape index (κ2) is 5.53. The Bertz CT molecular complexity index is 634. The van der Waals surface area contributed by atoms with Crippen molar-refractivity contribution in [3.8, 4) is 11.5 Å². The van der Waals surface area contributed by atoms with Crippen molar-refractivity contribution in [2.24, 2.45) is 10.9 Å². The molecule has 0 radical (unpaired) electrons. The Kier molecular flexibility index (Phi) is 3.82. The molecule has 7 heteroatoms. The van der Waals surface area contributed by atoms with Crippen molar-refractivity contribution in [3.05, 3.63) is 53.1 Å². The fourth-order valence-corrected chi connectivity index (χ4v) is 1.46. The maximum atomic E-state index is 13.2. The van der Waals surface area contributed by atoms with Crippen LogP contribution in [0.25, 0.3) is 0 Å². The van der Waals surface area contributed by atoms with Gasteiger partial charge < -0.3 is 15.7 Å². The molecule has 1 aromatic heterocycles. The molecule has 1 heterocycles. The van der Waals surface area contributed by atoms with Gasteiger partial charge in [0.1, 0.15) is 23.0 Å². The average Bonchev–Trinajstić information content (AvgIpc) is 2.42. The number of rotatable bonds is 3. The summed E-state index contributed by atoms with van der Waals surface area (Å²) in [6.07, 6.45) is 1.43. The van der Waals surface area contributed by atoms with Crippen LogP contribution in [-0.2, 0) is 0 Å². The number of hydrogen-bond acceptors (Lipinski definition) is 4. The molecule has 0 aliphatic carbocycles. The summed E-state index contributed by atoms with van der Waals surface area (Å²) in [4.78, 5) is 3.89. The number of aromatic nitrogens is 1. The van der Waals surface area contributed by atoms with Gasteiger partial charge in [-0.05, 0) is 18.2 Å². The number of amidine groups is 1. The fourth-order valence-electron chi connectivity index (χ4n) is 1.34. The van der Waals surface area contributed by atoms with Gasteiger partial charge in [-0.15, -0.1) is 0 Å². The van der Waals surface area contributed by atoms with Crippen LogP contribution in [0.1, 0.15) is 5.69 Å². The van der Waals surface area contributed by atoms with Crippen LogP contribution in [0.5, 0.6) is 11.5 Å². The highest BCUT2D eigenvalue weighted by Gasteiger charge is 2.06. The van der Waals surface area contributed by atoms with Gasteiger partial charge in [0.2, 0.25) is 0 Å². The van der Waals surface area contributed by atoms with Crippen LogP contribution in [0.4, 0.5) is 4.39 Å². The maximum Gasteiger partial charge on any atom is 0.188 e. The Hall–Kier alpha value is -2.34. The van der Waals surface area contributed by atoms with Crippen LogP contribution < -0.4 is 10.5 Å². The molecule has 0 fully saturated rings. The topological polar surface area (TPSA) is 80.7 Å². The van der Waals surface area contributed by atoms with Gasteiger partial charge in [0.05, 0.1) is 5.02 Å². The minimum absolute atomic E-state index is 0.0134. The standard InChI is InChI=1S/C12H9ClFN3O2/c13-9-2-1-7(5-10(9)14)19-8-3-4-16-11(6-8)12(15)17-18/h1-6,18H,(H2,15,17). The van der Waals surface area contributed by atoms with Crippen LogP contribution >= 0.6 is 11.6 Å². The molecule has 98 valence electrons. The monoisotopic (exact) mass is 281 g/mol. The fraction of sp³-hybridized carbons (Fsp3) is 0. The summed E-state index contributed by atoms with van der Waals surface area (Å²) in [6.45, 7) is 0. The number of benzene rings is 1. The van der Waals surface area contributed by atoms with E-state index in [0.717, 1.165) is 6.07 Å². The van der Waals surface area contributed by atoms with E-state index < -0.39 is 5.82 Å². The molecule has 0 spiro atoms. The van der Waals surface area contributed by atoms with E-state index in [4.69, 9.17) is 27.3 Å². The lowest BCUT2D eigenvalue weighted by Crippen LogP contribution is -2.14. The van der Waals surface area contributed by atoms with E-state index in [0.29, 0.717) is 5.75 Å². The minimum atomic E-state index is -0.579. The number of nitrogens with two attached hydrogens (primary N) is 1. The smallest absolute Gasteiger partial charge is 0.188 e. The van der Waals surface area contributed by atoms with Gasteiger partial charge in [0.15, 0.2) is 5.84 Å². The van der Waals surface area contributed by atoms with E-state index in [1.54, 1.807) is 6.07 Å². The first-order valence-electron chi connectivity index (χ1n) is 5.17. The van der Waals surface area contributed by atoms with Crippen molar-refractivity contribution >= 4 is 17.4 Å². The number of hydrogen-bond donors (Lipinski definition) is 2. The molecule has 0 saturated carbocycles. The molecule has 0 saturated heterocycles. The molecular weight excluding hydrogens is 273 g/mol. The van der Waals surface area contributed by atoms with E-state index in [2.05, 4.69) is 10.1 Å². The second-order valence-electron chi connectivity index (χ2n) is 3.54. The molecular formula is C12H9ClFN3O2. The second-order valence-corrected chi connectivity index (χ2v) is 3.95. The minimum Gasteiger partial charge on any atom is -0.457 e. The molecule has 0 unspecified atom stereocenters. The predicted octanol–water partition coefficient (Wildman–Crippen LogP) is 2.76. The Labute approximate surface area is 113 Å². The first-order chi connectivity index (χ1) is 9.10. The van der Waals surface area contributed by atoms with Gasteiger partial charge in [0, 0.05) is 18.3 Å².